The van der Waals surface area contributed by atoms with Gasteiger partial charge in [0.25, 0.3) is 11.1 Å². The minimum Gasteiger partial charge on any atom is -0.493 e. The smallest absolute Gasteiger partial charge is 0.329 e. The van der Waals surface area contributed by atoms with Gasteiger partial charge in [0.05, 0.1) is 18.6 Å². The van der Waals surface area contributed by atoms with E-state index in [0.717, 1.165) is 22.2 Å². The van der Waals surface area contributed by atoms with Gasteiger partial charge in [0, 0.05) is 15.1 Å². The molecule has 174 valence electrons. The molecule has 0 bridgehead atoms. The molecule has 1 heterocycles. The largest absolute Gasteiger partial charge is 0.493 e. The number of benzene rings is 2. The number of carbonyl (C=O) groups is 3. The molecule has 1 fully saturated rings. The Bertz CT molecular complexity index is 1120. The van der Waals surface area contributed by atoms with E-state index >= 15 is 0 Å². The highest BCUT2D eigenvalue weighted by molar-refractivity contribution is 9.10. The van der Waals surface area contributed by atoms with Crippen LogP contribution in [0.5, 0.6) is 11.5 Å². The van der Waals surface area contributed by atoms with E-state index in [1.807, 2.05) is 18.2 Å². The number of hydrogen-bond donors (Lipinski definition) is 0. The number of imide groups is 1. The first-order chi connectivity index (χ1) is 15.8. The van der Waals surface area contributed by atoms with Crippen molar-refractivity contribution in [3.8, 4) is 11.5 Å². The average Bonchev–Trinajstić information content (AvgIpc) is 3.07. The van der Waals surface area contributed by atoms with Crippen molar-refractivity contribution in [3.05, 3.63) is 61.9 Å². The Hall–Kier alpha value is -2.49. The molecule has 2 amide bonds. The third kappa shape index (κ3) is 5.72. The molecule has 2 aromatic carbocycles. The van der Waals surface area contributed by atoms with E-state index in [2.05, 4.69) is 15.9 Å². The van der Waals surface area contributed by atoms with Gasteiger partial charge in [-0.2, -0.15) is 0 Å². The maximum Gasteiger partial charge on any atom is 0.329 e. The van der Waals surface area contributed by atoms with E-state index in [4.69, 9.17) is 25.8 Å². The first kappa shape index (κ1) is 25.1. The molecule has 0 aromatic heterocycles. The molecule has 0 saturated carbocycles. The third-order valence-corrected chi connectivity index (χ3v) is 6.69. The van der Waals surface area contributed by atoms with Crippen LogP contribution in [0, 0.1) is 0 Å². The fourth-order valence-corrected chi connectivity index (χ4v) is 4.55. The summed E-state index contributed by atoms with van der Waals surface area (Å²) in [7, 11) is 1.50. The first-order valence-electron chi connectivity index (χ1n) is 9.94. The van der Waals surface area contributed by atoms with Crippen molar-refractivity contribution in [2.24, 2.45) is 0 Å². The van der Waals surface area contributed by atoms with Crippen LogP contribution in [0.15, 0.2) is 45.8 Å². The molecular weight excluding hydrogens is 534 g/mol. The Balaban J connectivity index is 1.83. The first-order valence-corrected chi connectivity index (χ1v) is 11.9. The second-order valence-corrected chi connectivity index (χ2v) is 9.14. The molecule has 1 aliphatic heterocycles. The molecule has 7 nitrogen and oxygen atoms in total. The fourth-order valence-electron chi connectivity index (χ4n) is 3.03. The van der Waals surface area contributed by atoms with Crippen LogP contribution >= 0.6 is 39.3 Å². The highest BCUT2D eigenvalue weighted by atomic mass is 79.9. The van der Waals surface area contributed by atoms with Gasteiger partial charge in [-0.05, 0) is 55.4 Å². The molecule has 2 aromatic rings. The van der Waals surface area contributed by atoms with Crippen molar-refractivity contribution in [2.75, 3.05) is 13.7 Å². The summed E-state index contributed by atoms with van der Waals surface area (Å²) in [6, 6.07) is 9.76. The molecule has 0 aliphatic carbocycles. The SMILES string of the molecule is CCOC(=O)[C@@H](C)N1C(=O)S/C(=C/c2cc(OC)c(OCc3ccccc3Cl)cc2Br)C1=O. The van der Waals surface area contributed by atoms with E-state index < -0.39 is 23.2 Å². The Kier molecular flexibility index (Phi) is 8.45. The van der Waals surface area contributed by atoms with Gasteiger partial charge in [-0.3, -0.25) is 14.5 Å². The Morgan fingerprint density at radius 1 is 1.24 bits per heavy atom. The number of methoxy groups -OCH3 is 1. The highest BCUT2D eigenvalue weighted by Crippen LogP contribution is 2.39. The van der Waals surface area contributed by atoms with Crippen molar-refractivity contribution in [2.45, 2.75) is 26.5 Å². The lowest BCUT2D eigenvalue weighted by Crippen LogP contribution is -2.42. The Labute approximate surface area is 209 Å². The summed E-state index contributed by atoms with van der Waals surface area (Å²) in [5.74, 6) is -0.277. The van der Waals surface area contributed by atoms with Gasteiger partial charge in [0.15, 0.2) is 11.5 Å². The van der Waals surface area contributed by atoms with Crippen molar-refractivity contribution >= 4 is 62.5 Å². The molecule has 3 rings (SSSR count). The molecule has 0 N–H and O–H groups in total. The van der Waals surface area contributed by atoms with E-state index in [1.165, 1.54) is 14.0 Å². The Morgan fingerprint density at radius 2 is 1.97 bits per heavy atom. The van der Waals surface area contributed by atoms with Crippen molar-refractivity contribution in [1.29, 1.82) is 0 Å². The van der Waals surface area contributed by atoms with Crippen LogP contribution in [0.3, 0.4) is 0 Å². The predicted octanol–water partition coefficient (Wildman–Crippen LogP) is 5.68. The molecule has 10 heteroatoms. The summed E-state index contributed by atoms with van der Waals surface area (Å²) in [5.41, 5.74) is 1.43. The van der Waals surface area contributed by atoms with Crippen LogP contribution in [0.25, 0.3) is 6.08 Å². The minimum atomic E-state index is -1.01. The van der Waals surface area contributed by atoms with Crippen LogP contribution < -0.4 is 9.47 Å². The lowest BCUT2D eigenvalue weighted by molar-refractivity contribution is -0.150. The lowest BCUT2D eigenvalue weighted by Gasteiger charge is -2.19. The standard InChI is InChI=1S/C23H21BrClNO6S/c1-4-31-22(28)13(2)26-21(27)20(33-23(26)29)10-15-9-18(30-3)19(11-16(15)24)32-12-14-7-5-6-8-17(14)25/h5-11,13H,4,12H2,1-3H3/b20-10+/t13-/m1/s1. The number of nitrogens with zero attached hydrogens (tertiary/aromatic N) is 1. The van der Waals surface area contributed by atoms with E-state index in [9.17, 15) is 14.4 Å². The van der Waals surface area contributed by atoms with Crippen LogP contribution in [-0.2, 0) is 20.9 Å². The van der Waals surface area contributed by atoms with Crippen LogP contribution in [-0.4, -0.2) is 41.8 Å². The van der Waals surface area contributed by atoms with Gasteiger partial charge in [-0.1, -0.05) is 45.7 Å². The second-order valence-electron chi connectivity index (χ2n) is 6.88. The zero-order valence-electron chi connectivity index (χ0n) is 18.1. The molecular formula is C23H21BrClNO6S. The number of esters is 1. The number of hydrogen-bond acceptors (Lipinski definition) is 7. The van der Waals surface area contributed by atoms with Gasteiger partial charge >= 0.3 is 5.97 Å². The zero-order chi connectivity index (χ0) is 24.1. The van der Waals surface area contributed by atoms with E-state index in [1.54, 1.807) is 31.2 Å². The number of amides is 2. The summed E-state index contributed by atoms with van der Waals surface area (Å²) >= 11 is 10.4. The molecule has 0 radical (unpaired) electrons. The Morgan fingerprint density at radius 3 is 2.64 bits per heavy atom. The molecule has 1 saturated heterocycles. The normalized spacial score (nSPS) is 15.7. The van der Waals surface area contributed by atoms with Gasteiger partial charge in [0.1, 0.15) is 12.6 Å². The second kappa shape index (κ2) is 11.1. The topological polar surface area (TPSA) is 82.1 Å². The maximum absolute atomic E-state index is 12.8. The van der Waals surface area contributed by atoms with E-state index in [-0.39, 0.29) is 18.1 Å². The molecule has 0 spiro atoms. The van der Waals surface area contributed by atoms with E-state index in [0.29, 0.717) is 26.6 Å². The average molecular weight is 555 g/mol. The minimum absolute atomic E-state index is 0.160. The molecule has 33 heavy (non-hydrogen) atoms. The third-order valence-electron chi connectivity index (χ3n) is 4.75. The maximum atomic E-state index is 12.8. The lowest BCUT2D eigenvalue weighted by atomic mass is 10.1. The monoisotopic (exact) mass is 553 g/mol. The quantitative estimate of drug-likeness (QED) is 0.307. The predicted molar refractivity (Wildman–Crippen MR) is 130 cm³/mol. The molecule has 0 unspecified atom stereocenters. The molecule has 1 aliphatic rings. The van der Waals surface area contributed by atoms with Crippen molar-refractivity contribution in [1.82, 2.24) is 4.90 Å². The number of thioether (sulfide) groups is 1. The van der Waals surface area contributed by atoms with Crippen molar-refractivity contribution < 1.29 is 28.6 Å². The summed E-state index contributed by atoms with van der Waals surface area (Å²) in [6.45, 7) is 3.52. The number of ether oxygens (including phenoxy) is 3. The van der Waals surface area contributed by atoms with Crippen molar-refractivity contribution in [3.63, 3.8) is 0 Å². The van der Waals surface area contributed by atoms with Crippen LogP contribution in [0.1, 0.15) is 25.0 Å². The number of carbonyl (C=O) groups excluding carboxylic acids is 3. The van der Waals surface area contributed by atoms with Gasteiger partial charge in [0.2, 0.25) is 0 Å². The summed E-state index contributed by atoms with van der Waals surface area (Å²) < 4.78 is 16.9. The summed E-state index contributed by atoms with van der Waals surface area (Å²) in [6.07, 6.45) is 1.56. The fraction of sp³-hybridized carbons (Fsp3) is 0.261. The van der Waals surface area contributed by atoms with Crippen LogP contribution in [0.2, 0.25) is 5.02 Å². The zero-order valence-corrected chi connectivity index (χ0v) is 21.3. The number of rotatable bonds is 8. The van der Waals surface area contributed by atoms with Gasteiger partial charge < -0.3 is 14.2 Å². The summed E-state index contributed by atoms with van der Waals surface area (Å²) in [4.78, 5) is 38.3. The summed E-state index contributed by atoms with van der Waals surface area (Å²) in [5, 5.41) is 0.0644. The van der Waals surface area contributed by atoms with Gasteiger partial charge in [-0.25, -0.2) is 4.79 Å². The highest BCUT2D eigenvalue weighted by Gasteiger charge is 2.41. The molecule has 1 atom stereocenters. The van der Waals surface area contributed by atoms with Crippen LogP contribution in [0.4, 0.5) is 4.79 Å². The van der Waals surface area contributed by atoms with Gasteiger partial charge in [-0.15, -0.1) is 0 Å². The number of halogens is 2.